The van der Waals surface area contributed by atoms with Crippen LogP contribution in [0.5, 0.6) is 0 Å². The number of fused-ring (bicyclic) bond motifs is 2. The van der Waals surface area contributed by atoms with E-state index in [1.165, 1.54) is 0 Å². The van der Waals surface area contributed by atoms with E-state index in [9.17, 15) is 27.2 Å². The van der Waals surface area contributed by atoms with E-state index in [0.29, 0.717) is 98.3 Å². The van der Waals surface area contributed by atoms with E-state index in [1.54, 1.807) is 28.0 Å². The van der Waals surface area contributed by atoms with Gasteiger partial charge in [-0.25, -0.2) is 22.4 Å². The minimum absolute atomic E-state index is 0.0729. The average molecular weight is 809 g/mol. The number of rotatable bonds is 21. The second kappa shape index (κ2) is 19.1. The molecule has 9 nitrogen and oxygen atoms in total. The number of alkyl halides is 5. The summed E-state index contributed by atoms with van der Waals surface area (Å²) in [5.41, 5.74) is 3.72. The molecule has 2 amide bonds. The molecule has 3 aliphatic rings. The number of hydrogen-bond donors (Lipinski definition) is 1. The molecule has 2 aromatic carbocycles. The van der Waals surface area contributed by atoms with E-state index in [0.717, 1.165) is 36.1 Å². The predicted octanol–water partition coefficient (Wildman–Crippen LogP) is 6.86. The molecule has 3 heterocycles. The van der Waals surface area contributed by atoms with Crippen molar-refractivity contribution in [3.05, 3.63) is 53.6 Å². The van der Waals surface area contributed by atoms with Crippen LogP contribution in [0.1, 0.15) is 68.1 Å². The fraction of sp³-hybridized carbons (Fsp3) is 0.575. The number of unbranched alkanes of at least 4 members (excludes halogenated alkanes) is 5. The van der Waals surface area contributed by atoms with Crippen molar-refractivity contribution in [3.63, 3.8) is 0 Å². The summed E-state index contributed by atoms with van der Waals surface area (Å²) in [5.74, 6) is -4.89. The molecule has 0 unspecified atom stereocenters. The lowest BCUT2D eigenvalue weighted by Crippen LogP contribution is -2.62. The van der Waals surface area contributed by atoms with Gasteiger partial charge in [-0.3, -0.25) is 4.79 Å². The zero-order valence-corrected chi connectivity index (χ0v) is 33.6. The Kier molecular flexibility index (Phi) is 14.8. The third-order valence-electron chi connectivity index (χ3n) is 10.2. The van der Waals surface area contributed by atoms with Gasteiger partial charge in [-0.2, -0.15) is 4.99 Å². The van der Waals surface area contributed by atoms with Crippen LogP contribution in [0.15, 0.2) is 41.9 Å². The summed E-state index contributed by atoms with van der Waals surface area (Å²) in [5, 5.41) is 4.63. The summed E-state index contributed by atoms with van der Waals surface area (Å²) in [4.78, 5) is 33.1. The van der Waals surface area contributed by atoms with Crippen molar-refractivity contribution in [3.8, 4) is 0 Å². The van der Waals surface area contributed by atoms with E-state index in [2.05, 4.69) is 30.0 Å². The first-order valence-corrected chi connectivity index (χ1v) is 22.7. The first kappa shape index (κ1) is 42.7. The Hall–Kier alpha value is -3.46. The second-order valence-electron chi connectivity index (χ2n) is 15.0. The van der Waals surface area contributed by atoms with Crippen molar-refractivity contribution in [1.29, 1.82) is 0 Å². The fourth-order valence-electron chi connectivity index (χ4n) is 7.16. The number of benzene rings is 2. The largest absolute Gasteiger partial charge is 0.448 e. The number of carbonyl (C=O) groups excluding carboxylic acids is 2. The molecule has 0 radical (unpaired) electrons. The smallest absolute Gasteiger partial charge is 0.434 e. The molecule has 0 saturated carbocycles. The van der Waals surface area contributed by atoms with Crippen molar-refractivity contribution in [1.82, 2.24) is 5.32 Å². The molecule has 0 aromatic heterocycles. The SMILES string of the molecule is C=Cc1cc(N2CC(F)(F)C2)cc2c1/C(=N/C(=O)OCCCCCC(=O)NCCOCCOCCCCCCCl)c1ccc(N3CC(F)(F)C3)cc1[Si]2(C)C. The lowest BCUT2D eigenvalue weighted by Gasteiger charge is -2.43. The van der Waals surface area contributed by atoms with Crippen LogP contribution in [0.2, 0.25) is 13.1 Å². The number of hydrogen-bond acceptors (Lipinski definition) is 7. The normalized spacial score (nSPS) is 18.2. The average Bonchev–Trinajstić information content (AvgIpc) is 3.12. The highest BCUT2D eigenvalue weighted by Gasteiger charge is 2.47. The van der Waals surface area contributed by atoms with Gasteiger partial charge in [0.1, 0.15) is 8.07 Å². The predicted molar refractivity (Wildman–Crippen MR) is 213 cm³/mol. The number of carbonyl (C=O) groups is 2. The molecule has 2 aromatic rings. The van der Waals surface area contributed by atoms with Gasteiger partial charge in [0.2, 0.25) is 5.91 Å². The van der Waals surface area contributed by atoms with Gasteiger partial charge in [0.25, 0.3) is 11.8 Å². The van der Waals surface area contributed by atoms with Gasteiger partial charge in [0.15, 0.2) is 0 Å². The van der Waals surface area contributed by atoms with Crippen molar-refractivity contribution in [2.75, 3.05) is 81.4 Å². The Labute approximate surface area is 327 Å². The van der Waals surface area contributed by atoms with Crippen LogP contribution >= 0.6 is 11.6 Å². The zero-order chi connectivity index (χ0) is 39.6. The number of nitrogens with zero attached hydrogens (tertiary/aromatic N) is 3. The van der Waals surface area contributed by atoms with Crippen LogP contribution < -0.4 is 25.5 Å². The minimum atomic E-state index is -2.77. The quantitative estimate of drug-likeness (QED) is 0.0638. The van der Waals surface area contributed by atoms with E-state index in [-0.39, 0.29) is 25.6 Å². The summed E-state index contributed by atoms with van der Waals surface area (Å²) in [7, 11) is -2.61. The van der Waals surface area contributed by atoms with E-state index in [1.807, 2.05) is 18.2 Å². The molecule has 2 fully saturated rings. The number of amides is 2. The second-order valence-corrected chi connectivity index (χ2v) is 19.7. The maximum Gasteiger partial charge on any atom is 0.434 e. The van der Waals surface area contributed by atoms with Gasteiger partial charge < -0.3 is 29.3 Å². The molecule has 5 rings (SSSR count). The minimum Gasteiger partial charge on any atom is -0.448 e. The molecular formula is C40H53ClF4N4O5Si. The first-order valence-electron chi connectivity index (χ1n) is 19.2. The molecule has 3 aliphatic heterocycles. The van der Waals surface area contributed by atoms with Gasteiger partial charge in [-0.05, 0) is 72.3 Å². The molecule has 0 atom stereocenters. The number of nitrogens with one attached hydrogen (secondary N) is 1. The van der Waals surface area contributed by atoms with Crippen molar-refractivity contribution >= 4 is 65.2 Å². The molecular weight excluding hydrogens is 756 g/mol. The van der Waals surface area contributed by atoms with E-state index in [4.69, 9.17) is 25.8 Å². The topological polar surface area (TPSA) is 92.7 Å². The van der Waals surface area contributed by atoms with Crippen LogP contribution in [-0.2, 0) is 19.0 Å². The van der Waals surface area contributed by atoms with Gasteiger partial charge in [-0.15, -0.1) is 11.6 Å². The van der Waals surface area contributed by atoms with Gasteiger partial charge in [-0.1, -0.05) is 44.7 Å². The first-order chi connectivity index (χ1) is 26.2. The molecule has 15 heteroatoms. The molecule has 0 aliphatic carbocycles. The monoisotopic (exact) mass is 808 g/mol. The molecule has 55 heavy (non-hydrogen) atoms. The highest BCUT2D eigenvalue weighted by molar-refractivity contribution is 7.02. The van der Waals surface area contributed by atoms with E-state index < -0.39 is 39.1 Å². The number of anilines is 2. The van der Waals surface area contributed by atoms with Crippen molar-refractivity contribution in [2.45, 2.75) is 76.3 Å². The van der Waals surface area contributed by atoms with Crippen molar-refractivity contribution in [2.24, 2.45) is 4.99 Å². The summed E-state index contributed by atoms with van der Waals surface area (Å²) in [6.45, 7) is 9.33. The van der Waals surface area contributed by atoms with Crippen LogP contribution in [0.25, 0.3) is 6.08 Å². The summed E-state index contributed by atoms with van der Waals surface area (Å²) < 4.78 is 72.0. The Morgan fingerprint density at radius 2 is 1.45 bits per heavy atom. The Bertz CT molecular complexity index is 1700. The summed E-state index contributed by atoms with van der Waals surface area (Å²) in [6, 6.07) is 9.20. The summed E-state index contributed by atoms with van der Waals surface area (Å²) >= 11 is 5.67. The Balaban J connectivity index is 1.14. The highest BCUT2D eigenvalue weighted by atomic mass is 35.5. The highest BCUT2D eigenvalue weighted by Crippen LogP contribution is 2.36. The standard InChI is InChI=1S/C40H53ClF4N4O5Si/c1-4-29-22-31(49-27-40(44,45)28-49)24-34-36(29)37(32-14-13-30(23-33(32)55(34,2)3)48-25-39(42,43)26-48)47-38(51)54-18-11-7-8-12-35(50)46-16-19-53-21-20-52-17-10-6-5-9-15-41/h4,13-14,22-24H,1,5-12,15-21,25-28H2,2-3H3,(H,46,50)/b47-37+. The number of halogens is 5. The lowest BCUT2D eigenvalue weighted by atomic mass is 9.94. The molecule has 1 N–H and O–H groups in total. The van der Waals surface area contributed by atoms with Crippen molar-refractivity contribution < 1.29 is 41.4 Å². The molecule has 2 saturated heterocycles. The zero-order valence-electron chi connectivity index (χ0n) is 31.9. The van der Waals surface area contributed by atoms with Crippen LogP contribution in [0.3, 0.4) is 0 Å². The number of ether oxygens (including phenoxy) is 3. The Morgan fingerprint density at radius 3 is 2.13 bits per heavy atom. The maximum absolute atomic E-state index is 13.9. The van der Waals surface area contributed by atoms with Crippen LogP contribution in [0.4, 0.5) is 33.7 Å². The van der Waals surface area contributed by atoms with Crippen LogP contribution in [0, 0.1) is 0 Å². The summed E-state index contributed by atoms with van der Waals surface area (Å²) in [6.07, 6.45) is 7.29. The molecule has 302 valence electrons. The van der Waals surface area contributed by atoms with Crippen LogP contribution in [-0.4, -0.2) is 109 Å². The number of aliphatic imine (C=N–C) groups is 1. The molecule has 0 bridgehead atoms. The Morgan fingerprint density at radius 1 is 0.836 bits per heavy atom. The van der Waals surface area contributed by atoms with Gasteiger partial charge in [0.05, 0.1) is 58.3 Å². The molecule has 0 spiro atoms. The lowest BCUT2D eigenvalue weighted by molar-refractivity contribution is -0.121. The van der Waals surface area contributed by atoms with E-state index >= 15 is 0 Å². The van der Waals surface area contributed by atoms with Gasteiger partial charge in [0, 0.05) is 48.0 Å². The third-order valence-corrected chi connectivity index (χ3v) is 14.0. The third kappa shape index (κ3) is 11.3. The maximum atomic E-state index is 13.9. The van der Waals surface area contributed by atoms with Gasteiger partial charge >= 0.3 is 6.09 Å². The fourth-order valence-corrected chi connectivity index (χ4v) is 10.4.